The van der Waals surface area contributed by atoms with Gasteiger partial charge in [0.1, 0.15) is 5.69 Å². The van der Waals surface area contributed by atoms with Crippen LogP contribution in [0.4, 0.5) is 5.69 Å². The van der Waals surface area contributed by atoms with Gasteiger partial charge in [0.15, 0.2) is 0 Å². The van der Waals surface area contributed by atoms with Crippen LogP contribution in [0.1, 0.15) is 16.9 Å². The minimum Gasteiger partial charge on any atom is -0.381 e. The van der Waals surface area contributed by atoms with E-state index in [0.29, 0.717) is 11.7 Å². The zero-order chi connectivity index (χ0) is 11.4. The van der Waals surface area contributed by atoms with Gasteiger partial charge in [-0.2, -0.15) is 0 Å². The first-order valence-electron chi connectivity index (χ1n) is 5.45. The second-order valence-corrected chi connectivity index (χ2v) is 3.84. The molecular weight excluding hydrogens is 204 g/mol. The third kappa shape index (κ3) is 2.49. The Kier molecular flexibility index (Phi) is 3.36. The zero-order valence-electron chi connectivity index (χ0n) is 9.29. The molecule has 0 aliphatic carbocycles. The van der Waals surface area contributed by atoms with Crippen LogP contribution in [0.3, 0.4) is 0 Å². The van der Waals surface area contributed by atoms with E-state index in [-0.39, 0.29) is 5.91 Å². The van der Waals surface area contributed by atoms with Gasteiger partial charge in [0.2, 0.25) is 0 Å². The Balaban J connectivity index is 2.06. The molecule has 1 aliphatic rings. The summed E-state index contributed by atoms with van der Waals surface area (Å²) in [6.45, 7) is 2.02. The average molecular weight is 220 g/mol. The minimum absolute atomic E-state index is 0.159. The lowest BCUT2D eigenvalue weighted by Crippen LogP contribution is -2.23. The maximum Gasteiger partial charge on any atom is 0.269 e. The lowest BCUT2D eigenvalue weighted by atomic mass is 10.2. The molecule has 1 atom stereocenters. The van der Waals surface area contributed by atoms with Gasteiger partial charge in [-0.3, -0.25) is 9.78 Å². The van der Waals surface area contributed by atoms with Crippen LogP contribution in [0.5, 0.6) is 0 Å². The number of anilines is 1. The minimum atomic E-state index is -0.159. The first-order chi connectivity index (χ1) is 7.79. The van der Waals surface area contributed by atoms with E-state index >= 15 is 0 Å². The number of aromatic nitrogens is 1. The molecule has 5 nitrogen and oxygen atoms in total. The summed E-state index contributed by atoms with van der Waals surface area (Å²) in [7, 11) is 1.60. The van der Waals surface area contributed by atoms with E-state index in [4.69, 9.17) is 0 Å². The van der Waals surface area contributed by atoms with Crippen LogP contribution in [0.25, 0.3) is 0 Å². The molecule has 5 heteroatoms. The van der Waals surface area contributed by atoms with Crippen molar-refractivity contribution in [1.29, 1.82) is 0 Å². The molecule has 1 aliphatic heterocycles. The maximum atomic E-state index is 11.4. The molecule has 16 heavy (non-hydrogen) atoms. The van der Waals surface area contributed by atoms with E-state index in [0.717, 1.165) is 25.2 Å². The molecule has 0 radical (unpaired) electrons. The van der Waals surface area contributed by atoms with Crippen molar-refractivity contribution in [2.45, 2.75) is 12.5 Å². The summed E-state index contributed by atoms with van der Waals surface area (Å²) in [5.74, 6) is -0.159. The summed E-state index contributed by atoms with van der Waals surface area (Å²) in [6, 6.07) is 4.10. The fourth-order valence-corrected chi connectivity index (χ4v) is 1.79. The summed E-state index contributed by atoms with van der Waals surface area (Å²) in [5.41, 5.74) is 1.39. The zero-order valence-corrected chi connectivity index (χ0v) is 9.29. The van der Waals surface area contributed by atoms with E-state index in [9.17, 15) is 4.79 Å². The van der Waals surface area contributed by atoms with Gasteiger partial charge in [-0.15, -0.1) is 0 Å². The van der Waals surface area contributed by atoms with Crippen LogP contribution in [-0.2, 0) is 0 Å². The SMILES string of the molecule is CNC(=O)c1cc(NC2CCNC2)ccn1. The number of carbonyl (C=O) groups is 1. The monoisotopic (exact) mass is 220 g/mol. The largest absolute Gasteiger partial charge is 0.381 e. The van der Waals surface area contributed by atoms with Gasteiger partial charge in [0.05, 0.1) is 0 Å². The molecule has 1 amide bonds. The normalized spacial score (nSPS) is 19.4. The number of nitrogens with one attached hydrogen (secondary N) is 3. The third-order valence-corrected chi connectivity index (χ3v) is 2.65. The standard InChI is InChI=1S/C11H16N4O/c1-12-11(16)10-6-8(3-5-14-10)15-9-2-4-13-7-9/h3,5-6,9,13H,2,4,7H2,1H3,(H,12,16)(H,14,15). The first kappa shape index (κ1) is 10.9. The fourth-order valence-electron chi connectivity index (χ4n) is 1.79. The average Bonchev–Trinajstić information content (AvgIpc) is 2.81. The summed E-state index contributed by atoms with van der Waals surface area (Å²) in [4.78, 5) is 15.4. The van der Waals surface area contributed by atoms with Gasteiger partial charge >= 0.3 is 0 Å². The summed E-state index contributed by atoms with van der Waals surface area (Å²) < 4.78 is 0. The Bertz CT molecular complexity index is 374. The Hall–Kier alpha value is -1.62. The van der Waals surface area contributed by atoms with Gasteiger partial charge in [-0.05, 0) is 25.1 Å². The highest BCUT2D eigenvalue weighted by Crippen LogP contribution is 2.12. The lowest BCUT2D eigenvalue weighted by molar-refractivity contribution is 0.0958. The topological polar surface area (TPSA) is 66.1 Å². The lowest BCUT2D eigenvalue weighted by Gasteiger charge is -2.13. The molecular formula is C11H16N4O. The van der Waals surface area contributed by atoms with Crippen molar-refractivity contribution >= 4 is 11.6 Å². The molecule has 2 rings (SSSR count). The van der Waals surface area contributed by atoms with Crippen molar-refractivity contribution in [1.82, 2.24) is 15.6 Å². The number of amides is 1. The van der Waals surface area contributed by atoms with Crippen LogP contribution in [-0.4, -0.2) is 37.1 Å². The van der Waals surface area contributed by atoms with Crippen LogP contribution < -0.4 is 16.0 Å². The van der Waals surface area contributed by atoms with Gasteiger partial charge in [0, 0.05) is 31.5 Å². The highest BCUT2D eigenvalue weighted by Gasteiger charge is 2.14. The number of carbonyl (C=O) groups excluding carboxylic acids is 1. The molecule has 86 valence electrons. The second-order valence-electron chi connectivity index (χ2n) is 3.84. The molecule has 1 saturated heterocycles. The van der Waals surface area contributed by atoms with Crippen molar-refractivity contribution in [3.05, 3.63) is 24.0 Å². The van der Waals surface area contributed by atoms with Crippen LogP contribution in [0.15, 0.2) is 18.3 Å². The van der Waals surface area contributed by atoms with Gasteiger partial charge < -0.3 is 16.0 Å². The van der Waals surface area contributed by atoms with Gasteiger partial charge in [-0.25, -0.2) is 0 Å². The van der Waals surface area contributed by atoms with Crippen LogP contribution in [0.2, 0.25) is 0 Å². The molecule has 0 spiro atoms. The number of pyridine rings is 1. The molecule has 0 aromatic carbocycles. The first-order valence-corrected chi connectivity index (χ1v) is 5.45. The Morgan fingerprint density at radius 2 is 2.50 bits per heavy atom. The number of nitrogens with zero attached hydrogens (tertiary/aromatic N) is 1. The van der Waals surface area contributed by atoms with Crippen molar-refractivity contribution in [3.63, 3.8) is 0 Å². The third-order valence-electron chi connectivity index (χ3n) is 2.65. The molecule has 1 aromatic rings. The summed E-state index contributed by atoms with van der Waals surface area (Å²) in [5, 5.41) is 9.22. The molecule has 1 unspecified atom stereocenters. The van der Waals surface area contributed by atoms with E-state index in [1.54, 1.807) is 19.3 Å². The Morgan fingerprint density at radius 1 is 1.62 bits per heavy atom. The van der Waals surface area contributed by atoms with Crippen molar-refractivity contribution in [2.75, 3.05) is 25.5 Å². The maximum absolute atomic E-state index is 11.4. The molecule has 1 aromatic heterocycles. The Morgan fingerprint density at radius 3 is 3.19 bits per heavy atom. The molecule has 0 saturated carbocycles. The summed E-state index contributed by atoms with van der Waals surface area (Å²) >= 11 is 0. The Labute approximate surface area is 94.6 Å². The summed E-state index contributed by atoms with van der Waals surface area (Å²) in [6.07, 6.45) is 2.76. The fraction of sp³-hybridized carbons (Fsp3) is 0.455. The molecule has 1 fully saturated rings. The highest BCUT2D eigenvalue weighted by atomic mass is 16.1. The van der Waals surface area contributed by atoms with Crippen LogP contribution in [0, 0.1) is 0 Å². The van der Waals surface area contributed by atoms with Crippen molar-refractivity contribution < 1.29 is 4.79 Å². The predicted octanol–water partition coefficient (Wildman–Crippen LogP) is 0.215. The van der Waals surface area contributed by atoms with Crippen LogP contribution >= 0.6 is 0 Å². The van der Waals surface area contributed by atoms with Crippen molar-refractivity contribution in [3.8, 4) is 0 Å². The van der Waals surface area contributed by atoms with E-state index in [2.05, 4.69) is 20.9 Å². The number of hydrogen-bond donors (Lipinski definition) is 3. The van der Waals surface area contributed by atoms with E-state index in [1.165, 1.54) is 0 Å². The molecule has 2 heterocycles. The molecule has 0 bridgehead atoms. The number of rotatable bonds is 3. The quantitative estimate of drug-likeness (QED) is 0.681. The number of hydrogen-bond acceptors (Lipinski definition) is 4. The smallest absolute Gasteiger partial charge is 0.269 e. The van der Waals surface area contributed by atoms with E-state index in [1.807, 2.05) is 6.07 Å². The van der Waals surface area contributed by atoms with E-state index < -0.39 is 0 Å². The highest BCUT2D eigenvalue weighted by molar-refractivity contribution is 5.92. The second kappa shape index (κ2) is 4.94. The predicted molar refractivity (Wildman–Crippen MR) is 62.5 cm³/mol. The molecule has 3 N–H and O–H groups in total. The van der Waals surface area contributed by atoms with Crippen molar-refractivity contribution in [2.24, 2.45) is 0 Å². The van der Waals surface area contributed by atoms with Gasteiger partial charge in [0.25, 0.3) is 5.91 Å². The van der Waals surface area contributed by atoms with Gasteiger partial charge in [-0.1, -0.05) is 0 Å².